The highest BCUT2D eigenvalue weighted by Crippen LogP contribution is 2.33. The fraction of sp³-hybridized carbons (Fsp3) is 0.320. The predicted molar refractivity (Wildman–Crippen MR) is 119 cm³/mol. The number of carbonyl (C=O) groups excluding carboxylic acids is 2. The average molecular weight is 399 g/mol. The normalized spacial score (nSPS) is 16.2. The summed E-state index contributed by atoms with van der Waals surface area (Å²) in [6, 6.07) is 14.2. The Morgan fingerprint density at radius 3 is 2.37 bits per heavy atom. The molecule has 0 spiro atoms. The summed E-state index contributed by atoms with van der Waals surface area (Å²) in [5, 5.41) is 8.02. The predicted octanol–water partition coefficient (Wildman–Crippen LogP) is 5.30. The standard InChI is InChI=1S/C25H25N3O2/c1-15-5-10-21(27-24(29)16-3-2-4-16)13-22(15)19-9-8-18-12-23(26-14-20(18)11-19)28-25(30)17-6-7-17/h5,8-14,16-17H,2-4,6-7H2,1H3,(H,27,29)(H,26,28,30). The molecule has 1 heterocycles. The zero-order valence-electron chi connectivity index (χ0n) is 17.1. The molecule has 2 fully saturated rings. The summed E-state index contributed by atoms with van der Waals surface area (Å²) in [6.45, 7) is 2.08. The van der Waals surface area contributed by atoms with Crippen LogP contribution in [0.4, 0.5) is 11.5 Å². The van der Waals surface area contributed by atoms with E-state index in [9.17, 15) is 9.59 Å². The highest BCUT2D eigenvalue weighted by atomic mass is 16.2. The third-order valence-electron chi connectivity index (χ3n) is 6.21. The van der Waals surface area contributed by atoms with Crippen LogP contribution in [0, 0.1) is 18.8 Å². The highest BCUT2D eigenvalue weighted by molar-refractivity contribution is 5.96. The third-order valence-corrected chi connectivity index (χ3v) is 6.21. The summed E-state index contributed by atoms with van der Waals surface area (Å²) in [5.74, 6) is 1.11. The topological polar surface area (TPSA) is 71.1 Å². The number of nitrogens with one attached hydrogen (secondary N) is 2. The van der Waals surface area contributed by atoms with E-state index in [1.807, 2.05) is 24.3 Å². The van der Waals surface area contributed by atoms with Gasteiger partial charge in [-0.15, -0.1) is 0 Å². The average Bonchev–Trinajstić information content (AvgIpc) is 3.53. The van der Waals surface area contributed by atoms with Gasteiger partial charge in [-0.3, -0.25) is 9.59 Å². The largest absolute Gasteiger partial charge is 0.326 e. The second-order valence-electron chi connectivity index (χ2n) is 8.54. The van der Waals surface area contributed by atoms with Gasteiger partial charge in [0.25, 0.3) is 0 Å². The van der Waals surface area contributed by atoms with Gasteiger partial charge in [-0.25, -0.2) is 4.98 Å². The van der Waals surface area contributed by atoms with Crippen molar-refractivity contribution in [2.75, 3.05) is 10.6 Å². The Hall–Kier alpha value is -3.21. The molecule has 152 valence electrons. The Balaban J connectivity index is 1.40. The number of nitrogens with zero attached hydrogens (tertiary/aromatic N) is 1. The maximum absolute atomic E-state index is 12.3. The van der Waals surface area contributed by atoms with Crippen molar-refractivity contribution in [2.45, 2.75) is 39.0 Å². The van der Waals surface area contributed by atoms with E-state index < -0.39 is 0 Å². The fourth-order valence-corrected chi connectivity index (χ4v) is 3.88. The summed E-state index contributed by atoms with van der Waals surface area (Å²) in [5.41, 5.74) is 4.16. The SMILES string of the molecule is Cc1ccc(NC(=O)C2CCC2)cc1-c1ccc2cc(NC(=O)C3CC3)ncc2c1. The van der Waals surface area contributed by atoms with Crippen molar-refractivity contribution in [2.24, 2.45) is 11.8 Å². The lowest BCUT2D eigenvalue weighted by Crippen LogP contribution is -2.28. The molecule has 2 aliphatic rings. The molecule has 0 aliphatic heterocycles. The van der Waals surface area contributed by atoms with Crippen LogP contribution in [0.15, 0.2) is 48.7 Å². The number of aromatic nitrogens is 1. The number of pyridine rings is 1. The molecule has 1 aromatic heterocycles. The summed E-state index contributed by atoms with van der Waals surface area (Å²) >= 11 is 0. The maximum atomic E-state index is 12.3. The van der Waals surface area contributed by atoms with Gasteiger partial charge in [0.2, 0.25) is 11.8 Å². The zero-order chi connectivity index (χ0) is 20.7. The minimum atomic E-state index is 0.0647. The molecule has 0 saturated heterocycles. The van der Waals surface area contributed by atoms with E-state index in [0.29, 0.717) is 5.82 Å². The molecule has 2 saturated carbocycles. The molecule has 2 aromatic carbocycles. The van der Waals surface area contributed by atoms with Gasteiger partial charge in [0.15, 0.2) is 0 Å². The Labute approximate surface area is 175 Å². The first-order valence-electron chi connectivity index (χ1n) is 10.7. The van der Waals surface area contributed by atoms with Crippen LogP contribution in [-0.4, -0.2) is 16.8 Å². The second kappa shape index (κ2) is 7.56. The fourth-order valence-electron chi connectivity index (χ4n) is 3.88. The molecule has 2 N–H and O–H groups in total. The number of amides is 2. The van der Waals surface area contributed by atoms with Crippen LogP contribution in [0.2, 0.25) is 0 Å². The minimum Gasteiger partial charge on any atom is -0.326 e. The van der Waals surface area contributed by atoms with Gasteiger partial charge in [-0.1, -0.05) is 24.6 Å². The smallest absolute Gasteiger partial charge is 0.228 e. The van der Waals surface area contributed by atoms with Gasteiger partial charge in [-0.05, 0) is 78.9 Å². The summed E-state index contributed by atoms with van der Waals surface area (Å²) < 4.78 is 0. The molecule has 2 amide bonds. The van der Waals surface area contributed by atoms with Crippen LogP contribution in [-0.2, 0) is 9.59 Å². The number of anilines is 2. The first-order valence-corrected chi connectivity index (χ1v) is 10.7. The zero-order valence-corrected chi connectivity index (χ0v) is 17.1. The van der Waals surface area contributed by atoms with Crippen LogP contribution < -0.4 is 10.6 Å². The Bertz CT molecular complexity index is 1150. The Morgan fingerprint density at radius 1 is 0.867 bits per heavy atom. The van der Waals surface area contributed by atoms with Crippen molar-refractivity contribution in [3.05, 3.63) is 54.2 Å². The molecule has 30 heavy (non-hydrogen) atoms. The summed E-state index contributed by atoms with van der Waals surface area (Å²) in [4.78, 5) is 28.7. The molecular weight excluding hydrogens is 374 g/mol. The molecule has 0 bridgehead atoms. The minimum absolute atomic E-state index is 0.0647. The van der Waals surface area contributed by atoms with E-state index in [2.05, 4.69) is 40.7 Å². The number of rotatable bonds is 5. The lowest BCUT2D eigenvalue weighted by atomic mass is 9.85. The molecular formula is C25H25N3O2. The lowest BCUT2D eigenvalue weighted by molar-refractivity contribution is -0.122. The Kier molecular flexibility index (Phi) is 4.74. The van der Waals surface area contributed by atoms with Crippen molar-refractivity contribution >= 4 is 34.1 Å². The lowest BCUT2D eigenvalue weighted by Gasteiger charge is -2.24. The van der Waals surface area contributed by atoms with Crippen molar-refractivity contribution < 1.29 is 9.59 Å². The monoisotopic (exact) mass is 399 g/mol. The molecule has 5 nitrogen and oxygen atoms in total. The van der Waals surface area contributed by atoms with Crippen LogP contribution in [0.1, 0.15) is 37.7 Å². The van der Waals surface area contributed by atoms with Crippen molar-refractivity contribution in [1.29, 1.82) is 0 Å². The Morgan fingerprint density at radius 2 is 1.63 bits per heavy atom. The first-order chi connectivity index (χ1) is 14.6. The van der Waals surface area contributed by atoms with E-state index in [-0.39, 0.29) is 23.7 Å². The van der Waals surface area contributed by atoms with Gasteiger partial charge in [-0.2, -0.15) is 0 Å². The number of hydrogen-bond donors (Lipinski definition) is 2. The highest BCUT2D eigenvalue weighted by Gasteiger charge is 2.29. The second-order valence-corrected chi connectivity index (χ2v) is 8.54. The number of fused-ring (bicyclic) bond motifs is 1. The summed E-state index contributed by atoms with van der Waals surface area (Å²) in [7, 11) is 0. The van der Waals surface area contributed by atoms with Gasteiger partial charge >= 0.3 is 0 Å². The molecule has 3 aromatic rings. The molecule has 0 unspecified atom stereocenters. The molecule has 0 radical (unpaired) electrons. The van der Waals surface area contributed by atoms with E-state index in [1.54, 1.807) is 6.20 Å². The number of aryl methyl sites for hydroxylation is 1. The first kappa shape index (κ1) is 18.8. The van der Waals surface area contributed by atoms with Gasteiger partial charge in [0, 0.05) is 29.1 Å². The van der Waals surface area contributed by atoms with Crippen LogP contribution in [0.5, 0.6) is 0 Å². The van der Waals surface area contributed by atoms with Crippen LogP contribution in [0.3, 0.4) is 0 Å². The van der Waals surface area contributed by atoms with Crippen molar-refractivity contribution in [3.63, 3.8) is 0 Å². The quantitative estimate of drug-likeness (QED) is 0.612. The molecule has 5 rings (SSSR count). The number of hydrogen-bond acceptors (Lipinski definition) is 3. The van der Waals surface area contributed by atoms with E-state index in [4.69, 9.17) is 0 Å². The molecule has 0 atom stereocenters. The van der Waals surface area contributed by atoms with Gasteiger partial charge in [0.05, 0.1) is 0 Å². The number of carbonyl (C=O) groups is 2. The third kappa shape index (κ3) is 3.80. The van der Waals surface area contributed by atoms with Crippen LogP contribution in [0.25, 0.3) is 21.9 Å². The van der Waals surface area contributed by atoms with Crippen molar-refractivity contribution in [1.82, 2.24) is 4.98 Å². The van der Waals surface area contributed by atoms with Gasteiger partial charge < -0.3 is 10.6 Å². The maximum Gasteiger partial charge on any atom is 0.228 e. The van der Waals surface area contributed by atoms with E-state index in [1.165, 1.54) is 0 Å². The van der Waals surface area contributed by atoms with E-state index in [0.717, 1.165) is 65.3 Å². The van der Waals surface area contributed by atoms with Crippen molar-refractivity contribution in [3.8, 4) is 11.1 Å². The summed E-state index contributed by atoms with van der Waals surface area (Å²) in [6.07, 6.45) is 6.88. The number of benzene rings is 2. The van der Waals surface area contributed by atoms with Crippen LogP contribution >= 0.6 is 0 Å². The molecule has 2 aliphatic carbocycles. The van der Waals surface area contributed by atoms with Gasteiger partial charge in [0.1, 0.15) is 5.82 Å². The van der Waals surface area contributed by atoms with E-state index >= 15 is 0 Å². The molecule has 5 heteroatoms.